The Balaban J connectivity index is 1.72. The lowest BCUT2D eigenvalue weighted by Gasteiger charge is -2.32. The van der Waals surface area contributed by atoms with Crippen LogP contribution in [0.2, 0.25) is 0 Å². The molecule has 0 bridgehead atoms. The monoisotopic (exact) mass is 257 g/mol. The summed E-state index contributed by atoms with van der Waals surface area (Å²) in [7, 11) is 2.10. The highest BCUT2D eigenvalue weighted by Crippen LogP contribution is 2.18. The Morgan fingerprint density at radius 2 is 1.95 bits per heavy atom. The molecule has 100 valence electrons. The summed E-state index contributed by atoms with van der Waals surface area (Å²) in [5, 5.41) is 1.16. The fourth-order valence-corrected chi connectivity index (χ4v) is 2.61. The van der Waals surface area contributed by atoms with Crippen molar-refractivity contribution in [3.05, 3.63) is 36.0 Å². The van der Waals surface area contributed by atoms with E-state index in [9.17, 15) is 4.79 Å². The molecule has 0 aliphatic carbocycles. The van der Waals surface area contributed by atoms with Crippen LogP contribution in [0.1, 0.15) is 5.56 Å². The van der Waals surface area contributed by atoms with Crippen LogP contribution in [0.3, 0.4) is 0 Å². The highest BCUT2D eigenvalue weighted by Gasteiger charge is 2.19. The molecule has 2 heterocycles. The molecule has 1 aliphatic heterocycles. The average molecular weight is 257 g/mol. The number of aromatic amines is 1. The number of amides is 1. The van der Waals surface area contributed by atoms with Crippen LogP contribution in [-0.4, -0.2) is 53.9 Å². The maximum Gasteiger partial charge on any atom is 0.227 e. The molecule has 0 atom stereocenters. The van der Waals surface area contributed by atoms with E-state index in [0.717, 1.165) is 42.6 Å². The number of fused-ring (bicyclic) bond motifs is 1. The number of carbonyl (C=O) groups excluding carboxylic acids is 1. The van der Waals surface area contributed by atoms with E-state index in [0.29, 0.717) is 6.42 Å². The van der Waals surface area contributed by atoms with E-state index in [2.05, 4.69) is 23.0 Å². The molecule has 0 unspecified atom stereocenters. The molecule has 4 heteroatoms. The SMILES string of the molecule is CN1CCN(C(=O)Cc2c[nH]c3ccccc23)CC1. The summed E-state index contributed by atoms with van der Waals surface area (Å²) in [6, 6.07) is 8.13. The summed E-state index contributed by atoms with van der Waals surface area (Å²) >= 11 is 0. The molecule has 0 radical (unpaired) electrons. The van der Waals surface area contributed by atoms with E-state index < -0.39 is 0 Å². The Hall–Kier alpha value is -1.81. The van der Waals surface area contributed by atoms with Gasteiger partial charge in [-0.15, -0.1) is 0 Å². The van der Waals surface area contributed by atoms with E-state index in [4.69, 9.17) is 0 Å². The Bertz CT molecular complexity index is 582. The summed E-state index contributed by atoms with van der Waals surface area (Å²) < 4.78 is 0. The number of carbonyl (C=O) groups is 1. The predicted octanol–water partition coefficient (Wildman–Crippen LogP) is 1.48. The molecule has 19 heavy (non-hydrogen) atoms. The molecular formula is C15H19N3O. The zero-order valence-corrected chi connectivity index (χ0v) is 11.2. The van der Waals surface area contributed by atoms with Gasteiger partial charge in [0.15, 0.2) is 0 Å². The fourth-order valence-electron chi connectivity index (χ4n) is 2.61. The number of likely N-dealkylation sites (N-methyl/N-ethyl adjacent to an activating group) is 1. The molecule has 1 aromatic heterocycles. The lowest BCUT2D eigenvalue weighted by atomic mass is 10.1. The Morgan fingerprint density at radius 3 is 2.74 bits per heavy atom. The normalized spacial score (nSPS) is 17.0. The number of nitrogens with zero attached hydrogens (tertiary/aromatic N) is 2. The molecule has 4 nitrogen and oxygen atoms in total. The summed E-state index contributed by atoms with van der Waals surface area (Å²) in [6.07, 6.45) is 2.45. The second-order valence-electron chi connectivity index (χ2n) is 5.22. The smallest absolute Gasteiger partial charge is 0.227 e. The second-order valence-corrected chi connectivity index (χ2v) is 5.22. The van der Waals surface area contributed by atoms with Crippen LogP contribution < -0.4 is 0 Å². The maximum atomic E-state index is 12.3. The van der Waals surface area contributed by atoms with Gasteiger partial charge < -0.3 is 14.8 Å². The maximum absolute atomic E-state index is 12.3. The van der Waals surface area contributed by atoms with Gasteiger partial charge in [-0.05, 0) is 18.7 Å². The van der Waals surface area contributed by atoms with Gasteiger partial charge in [-0.3, -0.25) is 4.79 Å². The minimum Gasteiger partial charge on any atom is -0.361 e. The molecule has 1 saturated heterocycles. The van der Waals surface area contributed by atoms with Crippen molar-refractivity contribution in [2.45, 2.75) is 6.42 Å². The highest BCUT2D eigenvalue weighted by atomic mass is 16.2. The number of para-hydroxylation sites is 1. The van der Waals surface area contributed by atoms with Crippen LogP contribution in [0.4, 0.5) is 0 Å². The zero-order chi connectivity index (χ0) is 13.2. The third kappa shape index (κ3) is 2.49. The van der Waals surface area contributed by atoms with Crippen LogP contribution in [0.15, 0.2) is 30.5 Å². The van der Waals surface area contributed by atoms with Crippen molar-refractivity contribution in [3.8, 4) is 0 Å². The van der Waals surface area contributed by atoms with E-state index in [-0.39, 0.29) is 5.91 Å². The summed E-state index contributed by atoms with van der Waals surface area (Å²) in [6.45, 7) is 3.63. The molecule has 1 amide bonds. The van der Waals surface area contributed by atoms with Crippen LogP contribution in [0.25, 0.3) is 10.9 Å². The average Bonchev–Trinajstić information content (AvgIpc) is 2.83. The highest BCUT2D eigenvalue weighted by molar-refractivity contribution is 5.88. The molecule has 1 aliphatic rings. The molecule has 2 aromatic rings. The summed E-state index contributed by atoms with van der Waals surface area (Å²) in [5.74, 6) is 0.234. The Kier molecular flexibility index (Phi) is 3.25. The number of benzene rings is 1. The van der Waals surface area contributed by atoms with Gasteiger partial charge in [0, 0.05) is 43.3 Å². The largest absolute Gasteiger partial charge is 0.361 e. The van der Waals surface area contributed by atoms with Crippen LogP contribution in [0, 0.1) is 0 Å². The van der Waals surface area contributed by atoms with E-state index in [1.54, 1.807) is 0 Å². The van der Waals surface area contributed by atoms with Crippen molar-refractivity contribution in [2.24, 2.45) is 0 Å². The quantitative estimate of drug-likeness (QED) is 0.885. The standard InChI is InChI=1S/C15H19N3O/c1-17-6-8-18(9-7-17)15(19)10-12-11-16-14-5-3-2-4-13(12)14/h2-5,11,16H,6-10H2,1H3. The first kappa shape index (κ1) is 12.2. The Labute approximate surface area is 113 Å². The van der Waals surface area contributed by atoms with Crippen molar-refractivity contribution in [3.63, 3.8) is 0 Å². The lowest BCUT2D eigenvalue weighted by molar-refractivity contribution is -0.132. The van der Waals surface area contributed by atoms with Gasteiger partial charge in [-0.1, -0.05) is 18.2 Å². The summed E-state index contributed by atoms with van der Waals surface area (Å²) in [5.41, 5.74) is 2.20. The summed E-state index contributed by atoms with van der Waals surface area (Å²) in [4.78, 5) is 19.8. The lowest BCUT2D eigenvalue weighted by Crippen LogP contribution is -2.47. The first-order chi connectivity index (χ1) is 9.24. The first-order valence-corrected chi connectivity index (χ1v) is 6.75. The number of hydrogen-bond donors (Lipinski definition) is 1. The molecule has 1 aromatic carbocycles. The van der Waals surface area contributed by atoms with Gasteiger partial charge in [0.1, 0.15) is 0 Å². The molecule has 3 rings (SSSR count). The van der Waals surface area contributed by atoms with Gasteiger partial charge in [-0.25, -0.2) is 0 Å². The number of hydrogen-bond acceptors (Lipinski definition) is 2. The number of nitrogens with one attached hydrogen (secondary N) is 1. The molecule has 0 spiro atoms. The third-order valence-corrected chi connectivity index (χ3v) is 3.87. The van der Waals surface area contributed by atoms with Crippen LogP contribution >= 0.6 is 0 Å². The minimum atomic E-state index is 0.234. The van der Waals surface area contributed by atoms with Gasteiger partial charge in [0.05, 0.1) is 6.42 Å². The van der Waals surface area contributed by atoms with Gasteiger partial charge in [0.25, 0.3) is 0 Å². The number of H-pyrrole nitrogens is 1. The van der Waals surface area contributed by atoms with E-state index >= 15 is 0 Å². The second kappa shape index (κ2) is 5.05. The van der Waals surface area contributed by atoms with Crippen LogP contribution in [0.5, 0.6) is 0 Å². The first-order valence-electron chi connectivity index (χ1n) is 6.75. The third-order valence-electron chi connectivity index (χ3n) is 3.87. The zero-order valence-electron chi connectivity index (χ0n) is 11.2. The topological polar surface area (TPSA) is 39.3 Å². The Morgan fingerprint density at radius 1 is 1.21 bits per heavy atom. The van der Waals surface area contributed by atoms with E-state index in [1.807, 2.05) is 29.3 Å². The van der Waals surface area contributed by atoms with Crippen molar-refractivity contribution in [1.82, 2.24) is 14.8 Å². The van der Waals surface area contributed by atoms with Crippen molar-refractivity contribution < 1.29 is 4.79 Å². The number of aromatic nitrogens is 1. The van der Waals surface area contributed by atoms with Gasteiger partial charge in [0.2, 0.25) is 5.91 Å². The van der Waals surface area contributed by atoms with Crippen molar-refractivity contribution in [2.75, 3.05) is 33.2 Å². The van der Waals surface area contributed by atoms with Crippen molar-refractivity contribution in [1.29, 1.82) is 0 Å². The molecule has 0 saturated carbocycles. The number of piperazine rings is 1. The number of rotatable bonds is 2. The minimum absolute atomic E-state index is 0.234. The predicted molar refractivity (Wildman–Crippen MR) is 76.1 cm³/mol. The van der Waals surface area contributed by atoms with Gasteiger partial charge >= 0.3 is 0 Å². The van der Waals surface area contributed by atoms with Crippen molar-refractivity contribution >= 4 is 16.8 Å². The van der Waals surface area contributed by atoms with Gasteiger partial charge in [-0.2, -0.15) is 0 Å². The van der Waals surface area contributed by atoms with Crippen LogP contribution in [-0.2, 0) is 11.2 Å². The molecular weight excluding hydrogens is 238 g/mol. The molecule has 1 N–H and O–H groups in total. The fraction of sp³-hybridized carbons (Fsp3) is 0.400. The molecule has 1 fully saturated rings. The van der Waals surface area contributed by atoms with E-state index in [1.165, 1.54) is 0 Å².